The standard InChI is InChI=1S/C9H9FO3/c10-7-1-2-8-6(3-7)5-12-9(4-11)13-8/h1-3,9,11H,4-5H2. The Balaban J connectivity index is 2.26. The lowest BCUT2D eigenvalue weighted by Gasteiger charge is -2.24. The van der Waals surface area contributed by atoms with E-state index in [-0.39, 0.29) is 19.0 Å². The SMILES string of the molecule is OCC1OCc2cc(F)ccc2O1. The topological polar surface area (TPSA) is 38.7 Å². The van der Waals surface area contributed by atoms with E-state index in [1.54, 1.807) is 0 Å². The van der Waals surface area contributed by atoms with E-state index >= 15 is 0 Å². The smallest absolute Gasteiger partial charge is 0.223 e. The number of ether oxygens (including phenoxy) is 2. The van der Waals surface area contributed by atoms with Crippen LogP contribution in [0.15, 0.2) is 18.2 Å². The number of fused-ring (bicyclic) bond motifs is 1. The van der Waals surface area contributed by atoms with E-state index in [4.69, 9.17) is 14.6 Å². The van der Waals surface area contributed by atoms with Gasteiger partial charge in [-0.25, -0.2) is 4.39 Å². The van der Waals surface area contributed by atoms with E-state index in [1.165, 1.54) is 18.2 Å². The van der Waals surface area contributed by atoms with Gasteiger partial charge < -0.3 is 14.6 Å². The molecular weight excluding hydrogens is 175 g/mol. The molecule has 0 amide bonds. The minimum absolute atomic E-state index is 0.198. The fraction of sp³-hybridized carbons (Fsp3) is 0.333. The van der Waals surface area contributed by atoms with Gasteiger partial charge in [-0.05, 0) is 18.2 Å². The van der Waals surface area contributed by atoms with Crippen molar-refractivity contribution in [3.05, 3.63) is 29.6 Å². The number of rotatable bonds is 1. The van der Waals surface area contributed by atoms with Crippen molar-refractivity contribution in [3.8, 4) is 5.75 Å². The maximum atomic E-state index is 12.7. The number of halogens is 1. The van der Waals surface area contributed by atoms with E-state index in [0.29, 0.717) is 11.3 Å². The Morgan fingerprint density at radius 3 is 3.15 bits per heavy atom. The Bertz CT molecular complexity index is 314. The number of aliphatic hydroxyl groups excluding tert-OH is 1. The highest BCUT2D eigenvalue weighted by molar-refractivity contribution is 5.34. The van der Waals surface area contributed by atoms with Crippen molar-refractivity contribution < 1.29 is 19.0 Å². The van der Waals surface area contributed by atoms with Crippen molar-refractivity contribution in [1.29, 1.82) is 0 Å². The van der Waals surface area contributed by atoms with Crippen molar-refractivity contribution in [2.24, 2.45) is 0 Å². The second-order valence-corrected chi connectivity index (χ2v) is 2.79. The summed E-state index contributed by atoms with van der Waals surface area (Å²) in [6.45, 7) is 0.0785. The molecule has 0 radical (unpaired) electrons. The van der Waals surface area contributed by atoms with E-state index in [1.807, 2.05) is 0 Å². The first-order valence-corrected chi connectivity index (χ1v) is 3.97. The highest BCUT2D eigenvalue weighted by Crippen LogP contribution is 2.26. The third-order valence-corrected chi connectivity index (χ3v) is 1.85. The van der Waals surface area contributed by atoms with Gasteiger partial charge in [0.1, 0.15) is 18.2 Å². The zero-order valence-corrected chi connectivity index (χ0v) is 6.87. The molecule has 1 aromatic rings. The second-order valence-electron chi connectivity index (χ2n) is 2.79. The van der Waals surface area contributed by atoms with Crippen LogP contribution in [0.4, 0.5) is 4.39 Å². The molecule has 13 heavy (non-hydrogen) atoms. The van der Waals surface area contributed by atoms with E-state index in [0.717, 1.165) is 0 Å². The monoisotopic (exact) mass is 184 g/mol. The van der Waals surface area contributed by atoms with Gasteiger partial charge >= 0.3 is 0 Å². The average molecular weight is 184 g/mol. The van der Waals surface area contributed by atoms with Gasteiger partial charge in [-0.15, -0.1) is 0 Å². The molecule has 0 saturated carbocycles. The summed E-state index contributed by atoms with van der Waals surface area (Å²) in [7, 11) is 0. The Morgan fingerprint density at radius 2 is 2.38 bits per heavy atom. The van der Waals surface area contributed by atoms with Crippen molar-refractivity contribution in [1.82, 2.24) is 0 Å². The Kier molecular flexibility index (Phi) is 2.16. The lowest BCUT2D eigenvalue weighted by molar-refractivity contribution is -0.130. The van der Waals surface area contributed by atoms with Gasteiger partial charge in [0, 0.05) is 5.56 Å². The summed E-state index contributed by atoms with van der Waals surface area (Å²) >= 11 is 0. The quantitative estimate of drug-likeness (QED) is 0.709. The molecule has 0 aliphatic carbocycles. The van der Waals surface area contributed by atoms with Crippen LogP contribution in [0.1, 0.15) is 5.56 Å². The Labute approximate surface area is 74.7 Å². The minimum atomic E-state index is -0.627. The van der Waals surface area contributed by atoms with Gasteiger partial charge in [-0.2, -0.15) is 0 Å². The predicted molar refractivity (Wildman–Crippen MR) is 42.7 cm³/mol. The average Bonchev–Trinajstić information content (AvgIpc) is 2.17. The molecule has 1 N–H and O–H groups in total. The predicted octanol–water partition coefficient (Wildman–Crippen LogP) is 1.05. The summed E-state index contributed by atoms with van der Waals surface area (Å²) in [6.07, 6.45) is -0.627. The number of hydrogen-bond acceptors (Lipinski definition) is 3. The second kappa shape index (κ2) is 3.32. The molecule has 0 bridgehead atoms. The summed E-state index contributed by atoms with van der Waals surface area (Å²) in [4.78, 5) is 0. The fourth-order valence-electron chi connectivity index (χ4n) is 1.22. The highest BCUT2D eigenvalue weighted by atomic mass is 19.1. The van der Waals surface area contributed by atoms with Crippen LogP contribution in [0.5, 0.6) is 5.75 Å². The zero-order valence-electron chi connectivity index (χ0n) is 6.87. The van der Waals surface area contributed by atoms with Crippen LogP contribution >= 0.6 is 0 Å². The minimum Gasteiger partial charge on any atom is -0.462 e. The van der Waals surface area contributed by atoms with E-state index in [2.05, 4.69) is 0 Å². The van der Waals surface area contributed by atoms with Gasteiger partial charge in [0.25, 0.3) is 0 Å². The molecular formula is C9H9FO3. The lowest BCUT2D eigenvalue weighted by Crippen LogP contribution is -2.28. The Morgan fingerprint density at radius 1 is 1.54 bits per heavy atom. The summed E-state index contributed by atoms with van der Waals surface area (Å²) in [5.41, 5.74) is 0.671. The number of hydrogen-bond donors (Lipinski definition) is 1. The first-order chi connectivity index (χ1) is 6.29. The molecule has 1 aliphatic rings. The molecule has 1 aliphatic heterocycles. The van der Waals surface area contributed by atoms with Gasteiger partial charge in [-0.1, -0.05) is 0 Å². The largest absolute Gasteiger partial charge is 0.462 e. The van der Waals surface area contributed by atoms with Crippen LogP contribution in [0, 0.1) is 5.82 Å². The van der Waals surface area contributed by atoms with Crippen molar-refractivity contribution in [2.75, 3.05) is 6.61 Å². The molecule has 1 unspecified atom stereocenters. The number of aliphatic hydroxyl groups is 1. The summed E-state index contributed by atoms with van der Waals surface area (Å²) in [5.74, 6) is 0.264. The molecule has 0 spiro atoms. The first-order valence-electron chi connectivity index (χ1n) is 3.97. The molecule has 1 atom stereocenters. The lowest BCUT2D eigenvalue weighted by atomic mass is 10.2. The zero-order chi connectivity index (χ0) is 9.26. The molecule has 70 valence electrons. The summed E-state index contributed by atoms with van der Waals surface area (Å²) < 4.78 is 23.0. The van der Waals surface area contributed by atoms with Crippen LogP contribution in [0.3, 0.4) is 0 Å². The third kappa shape index (κ3) is 1.64. The van der Waals surface area contributed by atoms with Crippen LogP contribution < -0.4 is 4.74 Å². The molecule has 2 rings (SSSR count). The first kappa shape index (κ1) is 8.47. The Hall–Kier alpha value is -1.13. The fourth-order valence-corrected chi connectivity index (χ4v) is 1.22. The highest BCUT2D eigenvalue weighted by Gasteiger charge is 2.19. The molecule has 0 fully saturated rings. The van der Waals surface area contributed by atoms with Crippen molar-refractivity contribution in [3.63, 3.8) is 0 Å². The third-order valence-electron chi connectivity index (χ3n) is 1.85. The maximum absolute atomic E-state index is 12.7. The van der Waals surface area contributed by atoms with Gasteiger partial charge in [0.05, 0.1) is 6.61 Å². The van der Waals surface area contributed by atoms with Crippen LogP contribution in [0.25, 0.3) is 0 Å². The van der Waals surface area contributed by atoms with Crippen molar-refractivity contribution >= 4 is 0 Å². The van der Waals surface area contributed by atoms with E-state index in [9.17, 15) is 4.39 Å². The maximum Gasteiger partial charge on any atom is 0.223 e. The molecule has 4 heteroatoms. The van der Waals surface area contributed by atoms with E-state index < -0.39 is 6.29 Å². The number of benzene rings is 1. The molecule has 3 nitrogen and oxygen atoms in total. The van der Waals surface area contributed by atoms with Crippen molar-refractivity contribution in [2.45, 2.75) is 12.9 Å². The van der Waals surface area contributed by atoms with Gasteiger partial charge in [-0.3, -0.25) is 0 Å². The normalized spacial score (nSPS) is 20.6. The van der Waals surface area contributed by atoms with Crippen LogP contribution in [-0.4, -0.2) is 18.0 Å². The van der Waals surface area contributed by atoms with Crippen LogP contribution in [0.2, 0.25) is 0 Å². The summed E-state index contributed by atoms with van der Waals surface area (Å²) in [5, 5.41) is 8.75. The van der Waals surface area contributed by atoms with Crippen LogP contribution in [-0.2, 0) is 11.3 Å². The van der Waals surface area contributed by atoms with Gasteiger partial charge in [0.2, 0.25) is 6.29 Å². The van der Waals surface area contributed by atoms with Gasteiger partial charge in [0.15, 0.2) is 0 Å². The molecule has 1 aromatic carbocycles. The summed E-state index contributed by atoms with van der Waals surface area (Å²) in [6, 6.07) is 4.22. The molecule has 0 aromatic heterocycles. The molecule has 0 saturated heterocycles. The molecule has 1 heterocycles.